The zero-order valence-electron chi connectivity index (χ0n) is 15.0. The normalized spacial score (nSPS) is 18.6. The molecule has 0 unspecified atom stereocenters. The first-order chi connectivity index (χ1) is 13.6. The van der Waals surface area contributed by atoms with E-state index in [9.17, 15) is 20.4 Å². The number of ether oxygens (including phenoxy) is 4. The lowest BCUT2D eigenvalue weighted by atomic mass is 9.80. The zero-order chi connectivity index (χ0) is 19.7. The van der Waals surface area contributed by atoms with Crippen LogP contribution in [0.15, 0.2) is 36.4 Å². The summed E-state index contributed by atoms with van der Waals surface area (Å²) < 4.78 is 21.2. The number of hydrogen-bond acceptors (Lipinski definition) is 8. The molecule has 4 N–H and O–H groups in total. The number of benzene rings is 2. The van der Waals surface area contributed by atoms with E-state index < -0.39 is 37.3 Å². The third kappa shape index (κ3) is 3.35. The SMILES string of the molecule is OC[C@H]([C@@H](CO)[C@@H](O)c1ccc2c(c1)OCO2)[C@@H](O)c1ccc2c(c1)OCO2. The van der Waals surface area contributed by atoms with Crippen molar-refractivity contribution in [1.29, 1.82) is 0 Å². The van der Waals surface area contributed by atoms with Crippen LogP contribution in [-0.4, -0.2) is 47.2 Å². The van der Waals surface area contributed by atoms with Crippen molar-refractivity contribution in [3.8, 4) is 23.0 Å². The molecule has 8 nitrogen and oxygen atoms in total. The van der Waals surface area contributed by atoms with Gasteiger partial charge in [-0.15, -0.1) is 0 Å². The minimum atomic E-state index is -1.12. The maximum absolute atomic E-state index is 10.8. The molecule has 2 aliphatic heterocycles. The van der Waals surface area contributed by atoms with E-state index in [2.05, 4.69) is 0 Å². The molecule has 2 aromatic carbocycles. The Labute approximate surface area is 161 Å². The first-order valence-electron chi connectivity index (χ1n) is 8.99. The Kier molecular flexibility index (Phi) is 5.27. The van der Waals surface area contributed by atoms with Gasteiger partial charge in [-0.3, -0.25) is 0 Å². The molecule has 4 atom stereocenters. The van der Waals surface area contributed by atoms with E-state index in [0.717, 1.165) is 0 Å². The third-order valence-corrected chi connectivity index (χ3v) is 5.26. The topological polar surface area (TPSA) is 118 Å². The van der Waals surface area contributed by atoms with Gasteiger partial charge >= 0.3 is 0 Å². The largest absolute Gasteiger partial charge is 0.454 e. The van der Waals surface area contributed by atoms with Crippen LogP contribution in [0.4, 0.5) is 0 Å². The predicted molar refractivity (Wildman–Crippen MR) is 96.2 cm³/mol. The van der Waals surface area contributed by atoms with Crippen LogP contribution in [-0.2, 0) is 0 Å². The van der Waals surface area contributed by atoms with Gasteiger partial charge in [0.25, 0.3) is 0 Å². The number of fused-ring (bicyclic) bond motifs is 2. The van der Waals surface area contributed by atoms with Gasteiger partial charge in [0.2, 0.25) is 13.6 Å². The van der Waals surface area contributed by atoms with Crippen LogP contribution >= 0.6 is 0 Å². The summed E-state index contributed by atoms with van der Waals surface area (Å²) in [7, 11) is 0. The summed E-state index contributed by atoms with van der Waals surface area (Å²) in [6.07, 6.45) is -2.25. The van der Waals surface area contributed by atoms with Crippen molar-refractivity contribution in [3.05, 3.63) is 47.5 Å². The van der Waals surface area contributed by atoms with E-state index in [4.69, 9.17) is 18.9 Å². The van der Waals surface area contributed by atoms with E-state index in [1.54, 1.807) is 36.4 Å². The van der Waals surface area contributed by atoms with Gasteiger partial charge in [-0.05, 0) is 35.4 Å². The van der Waals surface area contributed by atoms with E-state index in [1.807, 2.05) is 0 Å². The number of rotatable bonds is 7. The quantitative estimate of drug-likeness (QED) is 0.556. The van der Waals surface area contributed by atoms with Gasteiger partial charge in [-0.25, -0.2) is 0 Å². The standard InChI is InChI=1S/C20H22O8/c21-7-13(19(23)11-1-3-15-17(5-11)27-9-25-15)14(8-22)20(24)12-2-4-16-18(6-12)28-10-26-16/h1-6,13-14,19-24H,7-10H2/t13-,14-,19+,20+/m1/s1. The van der Waals surface area contributed by atoms with Gasteiger partial charge in [-0.2, -0.15) is 0 Å². The molecule has 0 saturated carbocycles. The van der Waals surface area contributed by atoms with E-state index in [-0.39, 0.29) is 13.6 Å². The molecule has 0 spiro atoms. The smallest absolute Gasteiger partial charge is 0.231 e. The highest BCUT2D eigenvalue weighted by Crippen LogP contribution is 2.41. The van der Waals surface area contributed by atoms with Crippen LogP contribution in [0.25, 0.3) is 0 Å². The van der Waals surface area contributed by atoms with Gasteiger partial charge in [0.1, 0.15) is 0 Å². The second-order valence-corrected chi connectivity index (χ2v) is 6.81. The average Bonchev–Trinajstić information content (AvgIpc) is 3.38. The molecule has 0 radical (unpaired) electrons. The molecule has 8 heteroatoms. The summed E-state index contributed by atoms with van der Waals surface area (Å²) in [4.78, 5) is 0. The molecule has 150 valence electrons. The summed E-state index contributed by atoms with van der Waals surface area (Å²) in [5.41, 5.74) is 0.999. The van der Waals surface area contributed by atoms with E-state index in [1.165, 1.54) is 0 Å². The van der Waals surface area contributed by atoms with Crippen LogP contribution < -0.4 is 18.9 Å². The molecule has 2 heterocycles. The van der Waals surface area contributed by atoms with Crippen molar-refractivity contribution in [1.82, 2.24) is 0 Å². The molecule has 0 aliphatic carbocycles. The molecule has 0 amide bonds. The highest BCUT2D eigenvalue weighted by molar-refractivity contribution is 5.46. The minimum absolute atomic E-state index is 0.112. The van der Waals surface area contributed by atoms with Gasteiger partial charge in [-0.1, -0.05) is 12.1 Å². The molecule has 2 aliphatic rings. The summed E-state index contributed by atoms with van der Waals surface area (Å²) in [5, 5.41) is 41.5. The Balaban J connectivity index is 1.57. The molecule has 4 rings (SSSR count). The Hall–Kier alpha value is -2.52. The Bertz CT molecular complexity index is 769. The molecule has 2 aromatic rings. The van der Waals surface area contributed by atoms with Crippen LogP contribution in [0.5, 0.6) is 23.0 Å². The second-order valence-electron chi connectivity index (χ2n) is 6.81. The second kappa shape index (κ2) is 7.84. The number of aliphatic hydroxyl groups excluding tert-OH is 4. The van der Waals surface area contributed by atoms with Crippen LogP contribution in [0, 0.1) is 11.8 Å². The molecule has 0 aromatic heterocycles. The molecular formula is C20H22O8. The van der Waals surface area contributed by atoms with Crippen molar-refractivity contribution < 1.29 is 39.4 Å². The fourth-order valence-corrected chi connectivity index (χ4v) is 3.63. The van der Waals surface area contributed by atoms with Crippen LogP contribution in [0.3, 0.4) is 0 Å². The highest BCUT2D eigenvalue weighted by atomic mass is 16.7. The molecular weight excluding hydrogens is 368 g/mol. The average molecular weight is 390 g/mol. The van der Waals surface area contributed by atoms with Crippen molar-refractivity contribution >= 4 is 0 Å². The minimum Gasteiger partial charge on any atom is -0.454 e. The highest BCUT2D eigenvalue weighted by Gasteiger charge is 2.35. The van der Waals surface area contributed by atoms with Crippen LogP contribution in [0.2, 0.25) is 0 Å². The lowest BCUT2D eigenvalue weighted by Gasteiger charge is -2.32. The van der Waals surface area contributed by atoms with Gasteiger partial charge in [0.05, 0.1) is 12.2 Å². The fraction of sp³-hybridized carbons (Fsp3) is 0.400. The fourth-order valence-electron chi connectivity index (χ4n) is 3.63. The lowest BCUT2D eigenvalue weighted by molar-refractivity contribution is -0.0424. The number of hydrogen-bond donors (Lipinski definition) is 4. The molecule has 0 fully saturated rings. The van der Waals surface area contributed by atoms with Crippen molar-refractivity contribution in [2.45, 2.75) is 12.2 Å². The first-order valence-corrected chi connectivity index (χ1v) is 8.99. The maximum Gasteiger partial charge on any atom is 0.231 e. The van der Waals surface area contributed by atoms with Gasteiger partial charge < -0.3 is 39.4 Å². The Morgan fingerprint density at radius 1 is 0.643 bits per heavy atom. The van der Waals surface area contributed by atoms with E-state index in [0.29, 0.717) is 34.1 Å². The molecule has 28 heavy (non-hydrogen) atoms. The van der Waals surface area contributed by atoms with Gasteiger partial charge in [0, 0.05) is 25.0 Å². The Morgan fingerprint density at radius 3 is 1.43 bits per heavy atom. The Morgan fingerprint density at radius 2 is 1.04 bits per heavy atom. The summed E-state index contributed by atoms with van der Waals surface area (Å²) in [6.45, 7) is -0.633. The molecule has 0 bridgehead atoms. The van der Waals surface area contributed by atoms with Crippen molar-refractivity contribution in [3.63, 3.8) is 0 Å². The monoisotopic (exact) mass is 390 g/mol. The van der Waals surface area contributed by atoms with Crippen molar-refractivity contribution in [2.75, 3.05) is 26.8 Å². The van der Waals surface area contributed by atoms with E-state index >= 15 is 0 Å². The van der Waals surface area contributed by atoms with Crippen LogP contribution in [0.1, 0.15) is 23.3 Å². The van der Waals surface area contributed by atoms with Crippen molar-refractivity contribution in [2.24, 2.45) is 11.8 Å². The first kappa shape index (κ1) is 18.8. The summed E-state index contributed by atoms with van der Waals surface area (Å²) >= 11 is 0. The lowest BCUT2D eigenvalue weighted by Crippen LogP contribution is -2.32. The maximum atomic E-state index is 10.8. The van der Waals surface area contributed by atoms with Gasteiger partial charge in [0.15, 0.2) is 23.0 Å². The summed E-state index contributed by atoms with van der Waals surface area (Å²) in [6, 6.07) is 9.97. The third-order valence-electron chi connectivity index (χ3n) is 5.26. The molecule has 0 saturated heterocycles. The predicted octanol–water partition coefficient (Wildman–Crippen LogP) is 1.13. The summed E-state index contributed by atoms with van der Waals surface area (Å²) in [5.74, 6) is 0.540. The zero-order valence-corrected chi connectivity index (χ0v) is 15.0. The number of aliphatic hydroxyl groups is 4.